The number of anilines is 1. The molecule has 18 heavy (non-hydrogen) atoms. The van der Waals surface area contributed by atoms with Crippen molar-refractivity contribution in [1.82, 2.24) is 14.8 Å². The van der Waals surface area contributed by atoms with Gasteiger partial charge in [-0.3, -0.25) is 0 Å². The third-order valence-corrected chi connectivity index (χ3v) is 2.52. The largest absolute Gasteiger partial charge is 0.495 e. The van der Waals surface area contributed by atoms with Crippen LogP contribution in [-0.2, 0) is 13.6 Å². The van der Waals surface area contributed by atoms with Crippen LogP contribution in [0.3, 0.4) is 0 Å². The van der Waals surface area contributed by atoms with Gasteiger partial charge >= 0.3 is 0 Å². The summed E-state index contributed by atoms with van der Waals surface area (Å²) in [6.07, 6.45) is 1.67. The molecule has 6 nitrogen and oxygen atoms in total. The van der Waals surface area contributed by atoms with Gasteiger partial charge in [-0.25, -0.2) is 9.67 Å². The molecule has 0 saturated carbocycles. The van der Waals surface area contributed by atoms with Crippen LogP contribution in [0, 0.1) is 0 Å². The second-order valence-electron chi connectivity index (χ2n) is 3.74. The van der Waals surface area contributed by atoms with Crippen molar-refractivity contribution in [2.45, 2.75) is 6.54 Å². The first-order valence-corrected chi connectivity index (χ1v) is 5.53. The predicted molar refractivity (Wildman–Crippen MR) is 67.9 cm³/mol. The van der Waals surface area contributed by atoms with Gasteiger partial charge < -0.3 is 14.8 Å². The lowest BCUT2D eigenvalue weighted by Crippen LogP contribution is -2.02. The molecule has 0 aliphatic heterocycles. The molecular weight excluding hydrogens is 232 g/mol. The monoisotopic (exact) mass is 248 g/mol. The van der Waals surface area contributed by atoms with Gasteiger partial charge in [0.2, 0.25) is 5.88 Å². The van der Waals surface area contributed by atoms with Crippen molar-refractivity contribution in [3.63, 3.8) is 0 Å². The van der Waals surface area contributed by atoms with Gasteiger partial charge in [0.05, 0.1) is 32.7 Å². The average molecular weight is 248 g/mol. The van der Waals surface area contributed by atoms with Crippen molar-refractivity contribution in [3.05, 3.63) is 30.1 Å². The van der Waals surface area contributed by atoms with Crippen molar-refractivity contribution < 1.29 is 9.47 Å². The molecule has 0 bridgehead atoms. The Labute approximate surface area is 106 Å². The van der Waals surface area contributed by atoms with Crippen LogP contribution in [0.5, 0.6) is 11.6 Å². The van der Waals surface area contributed by atoms with E-state index >= 15 is 0 Å². The molecule has 0 aromatic carbocycles. The number of ether oxygens (including phenoxy) is 2. The van der Waals surface area contributed by atoms with Crippen LogP contribution in [0.4, 0.5) is 5.82 Å². The quantitative estimate of drug-likeness (QED) is 0.867. The lowest BCUT2D eigenvalue weighted by Gasteiger charge is -2.04. The Kier molecular flexibility index (Phi) is 3.66. The van der Waals surface area contributed by atoms with Gasteiger partial charge in [0.1, 0.15) is 11.6 Å². The standard InChI is InChI=1S/C12H16N4O2/c1-16-12(18-3)6-9(15-16)7-13-11-5-4-10(17-2)8-14-11/h4-6,8H,7H2,1-3H3,(H,13,14). The second-order valence-corrected chi connectivity index (χ2v) is 3.74. The van der Waals surface area contributed by atoms with Gasteiger partial charge in [-0.1, -0.05) is 0 Å². The molecule has 2 heterocycles. The molecule has 2 aromatic rings. The van der Waals surface area contributed by atoms with E-state index in [0.717, 1.165) is 23.1 Å². The Bertz CT molecular complexity index is 507. The van der Waals surface area contributed by atoms with Crippen LogP contribution in [0.25, 0.3) is 0 Å². The predicted octanol–water partition coefficient (Wildman–Crippen LogP) is 1.44. The maximum absolute atomic E-state index is 5.15. The highest BCUT2D eigenvalue weighted by Gasteiger charge is 2.04. The average Bonchev–Trinajstić information content (AvgIpc) is 2.77. The highest BCUT2D eigenvalue weighted by molar-refractivity contribution is 5.38. The van der Waals surface area contributed by atoms with E-state index in [1.165, 1.54) is 0 Å². The lowest BCUT2D eigenvalue weighted by atomic mass is 10.4. The van der Waals surface area contributed by atoms with E-state index in [1.54, 1.807) is 25.1 Å². The Morgan fingerprint density at radius 3 is 2.67 bits per heavy atom. The Morgan fingerprint density at radius 1 is 1.28 bits per heavy atom. The number of nitrogens with zero attached hydrogens (tertiary/aromatic N) is 3. The van der Waals surface area contributed by atoms with E-state index < -0.39 is 0 Å². The molecule has 96 valence electrons. The zero-order chi connectivity index (χ0) is 13.0. The molecule has 0 unspecified atom stereocenters. The van der Waals surface area contributed by atoms with E-state index in [0.29, 0.717) is 6.54 Å². The Balaban J connectivity index is 1.97. The molecule has 0 aliphatic rings. The molecule has 0 fully saturated rings. The summed E-state index contributed by atoms with van der Waals surface area (Å²) in [6.45, 7) is 0.594. The van der Waals surface area contributed by atoms with E-state index in [1.807, 2.05) is 25.2 Å². The molecule has 2 aromatic heterocycles. The van der Waals surface area contributed by atoms with Gasteiger partial charge in [0.15, 0.2) is 0 Å². The molecule has 0 saturated heterocycles. The molecule has 0 radical (unpaired) electrons. The fourth-order valence-electron chi connectivity index (χ4n) is 1.57. The van der Waals surface area contributed by atoms with E-state index in [4.69, 9.17) is 9.47 Å². The molecule has 0 amide bonds. The highest BCUT2D eigenvalue weighted by atomic mass is 16.5. The van der Waals surface area contributed by atoms with Crippen molar-refractivity contribution in [2.75, 3.05) is 19.5 Å². The number of pyridine rings is 1. The minimum atomic E-state index is 0.594. The number of rotatable bonds is 5. The number of hydrogen-bond donors (Lipinski definition) is 1. The first-order valence-electron chi connectivity index (χ1n) is 5.53. The first kappa shape index (κ1) is 12.2. The summed E-state index contributed by atoms with van der Waals surface area (Å²) >= 11 is 0. The van der Waals surface area contributed by atoms with Crippen molar-refractivity contribution in [2.24, 2.45) is 7.05 Å². The van der Waals surface area contributed by atoms with Gasteiger partial charge in [-0.2, -0.15) is 5.10 Å². The number of hydrogen-bond acceptors (Lipinski definition) is 5. The third-order valence-electron chi connectivity index (χ3n) is 2.52. The minimum Gasteiger partial charge on any atom is -0.495 e. The molecular formula is C12H16N4O2. The number of methoxy groups -OCH3 is 2. The number of aryl methyl sites for hydroxylation is 1. The molecule has 6 heteroatoms. The van der Waals surface area contributed by atoms with Gasteiger partial charge in [-0.05, 0) is 12.1 Å². The van der Waals surface area contributed by atoms with Crippen LogP contribution >= 0.6 is 0 Å². The fourth-order valence-corrected chi connectivity index (χ4v) is 1.57. The van der Waals surface area contributed by atoms with Crippen LogP contribution in [0.1, 0.15) is 5.69 Å². The van der Waals surface area contributed by atoms with Crippen LogP contribution in [-0.4, -0.2) is 29.0 Å². The molecule has 0 spiro atoms. The van der Waals surface area contributed by atoms with Crippen molar-refractivity contribution in [3.8, 4) is 11.6 Å². The normalized spacial score (nSPS) is 10.2. The smallest absolute Gasteiger partial charge is 0.211 e. The van der Waals surface area contributed by atoms with Crippen molar-refractivity contribution >= 4 is 5.82 Å². The summed E-state index contributed by atoms with van der Waals surface area (Å²) in [4.78, 5) is 4.21. The fraction of sp³-hybridized carbons (Fsp3) is 0.333. The summed E-state index contributed by atoms with van der Waals surface area (Å²) in [5.74, 6) is 2.25. The summed E-state index contributed by atoms with van der Waals surface area (Å²) in [5.41, 5.74) is 0.895. The topological polar surface area (TPSA) is 61.2 Å². The van der Waals surface area contributed by atoms with Crippen LogP contribution in [0.2, 0.25) is 0 Å². The molecule has 0 atom stereocenters. The SMILES string of the molecule is COc1ccc(NCc2cc(OC)n(C)n2)nc1. The van der Waals surface area contributed by atoms with Gasteiger partial charge in [0, 0.05) is 13.1 Å². The second kappa shape index (κ2) is 5.39. The summed E-state index contributed by atoms with van der Waals surface area (Å²) in [6, 6.07) is 5.60. The van der Waals surface area contributed by atoms with Crippen molar-refractivity contribution in [1.29, 1.82) is 0 Å². The minimum absolute atomic E-state index is 0.594. The number of aromatic nitrogens is 3. The Hall–Kier alpha value is -2.24. The zero-order valence-electron chi connectivity index (χ0n) is 10.7. The van der Waals surface area contributed by atoms with E-state index in [2.05, 4.69) is 15.4 Å². The van der Waals surface area contributed by atoms with Crippen LogP contribution < -0.4 is 14.8 Å². The maximum atomic E-state index is 5.15. The summed E-state index contributed by atoms with van der Waals surface area (Å²) < 4.78 is 11.9. The van der Waals surface area contributed by atoms with Gasteiger partial charge in [0.25, 0.3) is 0 Å². The summed E-state index contributed by atoms with van der Waals surface area (Å²) in [5, 5.41) is 7.49. The van der Waals surface area contributed by atoms with E-state index in [-0.39, 0.29) is 0 Å². The highest BCUT2D eigenvalue weighted by Crippen LogP contribution is 2.14. The summed E-state index contributed by atoms with van der Waals surface area (Å²) in [7, 11) is 5.08. The van der Waals surface area contributed by atoms with E-state index in [9.17, 15) is 0 Å². The van der Waals surface area contributed by atoms with Gasteiger partial charge in [-0.15, -0.1) is 0 Å². The lowest BCUT2D eigenvalue weighted by molar-refractivity contribution is 0.373. The molecule has 0 aliphatic carbocycles. The Morgan fingerprint density at radius 2 is 2.11 bits per heavy atom. The molecule has 2 rings (SSSR count). The maximum Gasteiger partial charge on any atom is 0.211 e. The van der Waals surface area contributed by atoms with Crippen LogP contribution in [0.15, 0.2) is 24.4 Å². The number of nitrogens with one attached hydrogen (secondary N) is 1. The first-order chi connectivity index (χ1) is 8.72. The third kappa shape index (κ3) is 2.71. The molecule has 1 N–H and O–H groups in total. The zero-order valence-corrected chi connectivity index (χ0v) is 10.7.